The number of thiocarbonyl (C=S) groups is 4. The Hall–Kier alpha value is 1.02. The van der Waals surface area contributed by atoms with Crippen LogP contribution in [-0.4, -0.2) is 89.2 Å². The smallest absolute Gasteiger partial charge is 0.141 e. The van der Waals surface area contributed by atoms with Crippen molar-refractivity contribution in [2.75, 3.05) is 52.4 Å². The van der Waals surface area contributed by atoms with Gasteiger partial charge in [0.05, 0.1) is 18.5 Å². The number of halogens is 2. The van der Waals surface area contributed by atoms with E-state index in [4.69, 9.17) is 72.1 Å². The molecule has 0 aromatic carbocycles. The molecule has 0 fully saturated rings. The van der Waals surface area contributed by atoms with Gasteiger partial charge in [0.25, 0.3) is 0 Å². The molecule has 4 nitrogen and oxygen atoms in total. The summed E-state index contributed by atoms with van der Waals surface area (Å²) in [5.41, 5.74) is 0. The Labute approximate surface area is 279 Å². The van der Waals surface area contributed by atoms with Gasteiger partial charge in [-0.1, -0.05) is 119 Å². The lowest BCUT2D eigenvalue weighted by molar-refractivity contribution is 0.482. The summed E-state index contributed by atoms with van der Waals surface area (Å²) in [5, 5.41) is 0.788. The Bertz CT molecular complexity index is 739. The van der Waals surface area contributed by atoms with Crippen molar-refractivity contribution >= 4 is 136 Å². The van der Waals surface area contributed by atoms with Gasteiger partial charge in [0.1, 0.15) is 17.3 Å². The third-order valence-corrected chi connectivity index (χ3v) is 13.0. The average molecular weight is 712 g/mol. The Balaban J connectivity index is 6.80. The van der Waals surface area contributed by atoms with Gasteiger partial charge in [0.15, 0.2) is 0 Å². The molecule has 218 valence electrons. The lowest BCUT2D eigenvalue weighted by Gasteiger charge is -2.26. The topological polar surface area (TPSA) is 13.0 Å². The molecule has 0 radical (unpaired) electrons. The molecule has 0 heterocycles. The second-order valence-electron chi connectivity index (χ2n) is 7.36. The molecule has 14 heteroatoms. The van der Waals surface area contributed by atoms with Gasteiger partial charge in [-0.25, -0.2) is 0 Å². The standard InChI is InChI=1S/C24H40Cl2N4S8/c1-9-27(10-2)21(31)35-19(36-22(32)28(11-3)12-4)17(25)18(26)20(37-23(33)29(13-5)14-6)38-24(34)30(15-7)16-8/h9-16H2,1-8H3. The molecule has 0 atom stereocenters. The van der Waals surface area contributed by atoms with Gasteiger partial charge in [0, 0.05) is 52.4 Å². The van der Waals surface area contributed by atoms with Gasteiger partial charge in [-0.2, -0.15) is 0 Å². The molecule has 0 saturated heterocycles. The number of thioether (sulfide) groups is 4. The first-order chi connectivity index (χ1) is 18.0. The quantitative estimate of drug-likeness (QED) is 0.134. The predicted molar refractivity (Wildman–Crippen MR) is 198 cm³/mol. The zero-order valence-corrected chi connectivity index (χ0v) is 31.5. The molecule has 0 aromatic rings. The molecule has 0 spiro atoms. The first-order valence-electron chi connectivity index (χ1n) is 12.7. The molecule has 0 aliphatic heterocycles. The Morgan fingerprint density at radius 3 is 0.711 bits per heavy atom. The van der Waals surface area contributed by atoms with Crippen LogP contribution in [-0.2, 0) is 0 Å². The summed E-state index contributed by atoms with van der Waals surface area (Å²) in [7, 11) is 0. The van der Waals surface area contributed by atoms with Crippen LogP contribution >= 0.6 is 119 Å². The van der Waals surface area contributed by atoms with E-state index >= 15 is 0 Å². The normalized spacial score (nSPS) is 10.5. The molecule has 0 bridgehead atoms. The van der Waals surface area contributed by atoms with Crippen LogP contribution in [0, 0.1) is 0 Å². The minimum Gasteiger partial charge on any atom is -0.358 e. The molecule has 0 rings (SSSR count). The van der Waals surface area contributed by atoms with Crippen LogP contribution in [0.4, 0.5) is 0 Å². The third kappa shape index (κ3) is 12.9. The van der Waals surface area contributed by atoms with E-state index in [9.17, 15) is 0 Å². The second kappa shape index (κ2) is 21.7. The molecular formula is C24H40Cl2N4S8. The summed E-state index contributed by atoms with van der Waals surface area (Å²) in [6.07, 6.45) is 0. The molecular weight excluding hydrogens is 672 g/mol. The summed E-state index contributed by atoms with van der Waals surface area (Å²) in [6, 6.07) is 0. The maximum absolute atomic E-state index is 7.08. The van der Waals surface area contributed by atoms with Gasteiger partial charge >= 0.3 is 0 Å². The van der Waals surface area contributed by atoms with Crippen LogP contribution in [0.15, 0.2) is 18.5 Å². The molecule has 0 saturated carbocycles. The highest BCUT2D eigenvalue weighted by molar-refractivity contribution is 8.41. The van der Waals surface area contributed by atoms with E-state index in [1.54, 1.807) is 0 Å². The van der Waals surface area contributed by atoms with Crippen LogP contribution in [0.25, 0.3) is 0 Å². The van der Waals surface area contributed by atoms with Gasteiger partial charge < -0.3 is 19.6 Å². The van der Waals surface area contributed by atoms with Crippen molar-refractivity contribution in [3.05, 3.63) is 18.5 Å². The van der Waals surface area contributed by atoms with Crippen molar-refractivity contribution in [2.45, 2.75) is 55.4 Å². The van der Waals surface area contributed by atoms with Crippen molar-refractivity contribution in [2.24, 2.45) is 0 Å². The maximum Gasteiger partial charge on any atom is 0.141 e. The zero-order valence-electron chi connectivity index (χ0n) is 23.5. The molecule has 0 aromatic heterocycles. The molecule has 0 amide bonds. The van der Waals surface area contributed by atoms with E-state index in [1.165, 1.54) is 47.0 Å². The highest BCUT2D eigenvalue weighted by atomic mass is 35.5. The van der Waals surface area contributed by atoms with Gasteiger partial charge in [-0.05, 0) is 55.4 Å². The fourth-order valence-corrected chi connectivity index (χ4v) is 10.7. The van der Waals surface area contributed by atoms with E-state index in [1.807, 2.05) is 0 Å². The third-order valence-electron chi connectivity index (χ3n) is 5.36. The van der Waals surface area contributed by atoms with Gasteiger partial charge in [0.2, 0.25) is 0 Å². The van der Waals surface area contributed by atoms with Gasteiger partial charge in [-0.15, -0.1) is 0 Å². The van der Waals surface area contributed by atoms with Crippen molar-refractivity contribution < 1.29 is 0 Å². The van der Waals surface area contributed by atoms with Crippen molar-refractivity contribution in [1.82, 2.24) is 19.6 Å². The van der Waals surface area contributed by atoms with Crippen molar-refractivity contribution in [3.63, 3.8) is 0 Å². The first kappa shape index (κ1) is 39.0. The summed E-state index contributed by atoms with van der Waals surface area (Å²) in [5.74, 6) is 0. The van der Waals surface area contributed by atoms with E-state index in [2.05, 4.69) is 75.0 Å². The Kier molecular flexibility index (Phi) is 22.3. The van der Waals surface area contributed by atoms with Crippen molar-refractivity contribution in [1.29, 1.82) is 0 Å². The lowest BCUT2D eigenvalue weighted by Crippen LogP contribution is -2.28. The van der Waals surface area contributed by atoms with Crippen molar-refractivity contribution in [3.8, 4) is 0 Å². The summed E-state index contributed by atoms with van der Waals surface area (Å²) >= 11 is 42.9. The molecule has 0 aliphatic rings. The van der Waals surface area contributed by atoms with Crippen LogP contribution in [0.5, 0.6) is 0 Å². The fourth-order valence-electron chi connectivity index (χ4n) is 2.90. The van der Waals surface area contributed by atoms with E-state index < -0.39 is 0 Å². The Morgan fingerprint density at radius 1 is 0.421 bits per heavy atom. The zero-order chi connectivity index (χ0) is 29.4. The molecule has 0 N–H and O–H groups in total. The average Bonchev–Trinajstić information content (AvgIpc) is 2.89. The fraction of sp³-hybridized carbons (Fsp3) is 0.667. The number of hydrogen-bond acceptors (Lipinski definition) is 8. The second-order valence-corrected chi connectivity index (χ2v) is 15.2. The SMILES string of the molecule is CCN(CC)C(=S)SC(SC(=S)N(CC)CC)=C(Cl)C(Cl)=C(SC(=S)N(CC)CC)SC(=S)N(CC)CC. The first-order valence-corrected chi connectivity index (χ1v) is 18.3. The summed E-state index contributed by atoms with van der Waals surface area (Å²) in [4.78, 5) is 8.44. The highest BCUT2D eigenvalue weighted by Crippen LogP contribution is 2.46. The summed E-state index contributed by atoms with van der Waals surface area (Å²) < 4.78 is 4.38. The predicted octanol–water partition coefficient (Wildman–Crippen LogP) is 9.24. The maximum atomic E-state index is 7.08. The van der Waals surface area contributed by atoms with Crippen LogP contribution < -0.4 is 0 Å². The highest BCUT2D eigenvalue weighted by Gasteiger charge is 2.24. The minimum absolute atomic E-state index is 0.394. The van der Waals surface area contributed by atoms with E-state index in [0.717, 1.165) is 78.1 Å². The number of rotatable bonds is 13. The number of hydrogen-bond donors (Lipinski definition) is 0. The van der Waals surface area contributed by atoms with E-state index in [0.29, 0.717) is 10.1 Å². The largest absolute Gasteiger partial charge is 0.358 e. The van der Waals surface area contributed by atoms with Crippen LogP contribution in [0.1, 0.15) is 55.4 Å². The minimum atomic E-state index is 0.394. The van der Waals surface area contributed by atoms with E-state index in [-0.39, 0.29) is 0 Å². The summed E-state index contributed by atoms with van der Waals surface area (Å²) in [6.45, 7) is 23.0. The molecule has 0 aliphatic carbocycles. The van der Waals surface area contributed by atoms with Crippen LogP contribution in [0.3, 0.4) is 0 Å². The number of allylic oxidation sites excluding steroid dienone is 2. The molecule has 0 unspecified atom stereocenters. The molecule has 38 heavy (non-hydrogen) atoms. The lowest BCUT2D eigenvalue weighted by atomic mass is 10.6. The Morgan fingerprint density at radius 2 is 0.579 bits per heavy atom. The number of nitrogens with zero attached hydrogens (tertiary/aromatic N) is 4. The van der Waals surface area contributed by atoms with Gasteiger partial charge in [-0.3, -0.25) is 0 Å². The monoisotopic (exact) mass is 710 g/mol. The van der Waals surface area contributed by atoms with Crippen LogP contribution in [0.2, 0.25) is 0 Å².